The van der Waals surface area contributed by atoms with Crippen molar-refractivity contribution in [2.75, 3.05) is 19.6 Å². The minimum atomic E-state index is 0.776. The highest BCUT2D eigenvalue weighted by Crippen LogP contribution is 2.33. The third-order valence-corrected chi connectivity index (χ3v) is 4.32. The van der Waals surface area contributed by atoms with Gasteiger partial charge in [-0.3, -0.25) is 4.90 Å². The molecule has 1 saturated carbocycles. The van der Waals surface area contributed by atoms with E-state index < -0.39 is 0 Å². The van der Waals surface area contributed by atoms with E-state index in [0.717, 1.165) is 25.0 Å². The molecule has 1 heterocycles. The lowest BCUT2D eigenvalue weighted by Crippen LogP contribution is -2.55. The van der Waals surface area contributed by atoms with Gasteiger partial charge in [-0.2, -0.15) is 0 Å². The largest absolute Gasteiger partial charge is 0.314 e. The Balaban J connectivity index is 1.66. The zero-order valence-corrected chi connectivity index (χ0v) is 10.4. The molecule has 17 heavy (non-hydrogen) atoms. The average molecular weight is 230 g/mol. The van der Waals surface area contributed by atoms with Gasteiger partial charge in [-0.25, -0.2) is 0 Å². The minimum absolute atomic E-state index is 0.776. The number of benzene rings is 1. The molecule has 0 aromatic heterocycles. The molecule has 0 spiro atoms. The summed E-state index contributed by atoms with van der Waals surface area (Å²) < 4.78 is 0. The molecular formula is C15H22N2. The lowest BCUT2D eigenvalue weighted by molar-refractivity contribution is 0.0678. The molecule has 0 bridgehead atoms. The first-order chi connectivity index (χ1) is 8.43. The number of hydrogen-bond acceptors (Lipinski definition) is 2. The fourth-order valence-corrected chi connectivity index (χ4v) is 3.07. The van der Waals surface area contributed by atoms with Crippen molar-refractivity contribution >= 4 is 0 Å². The third kappa shape index (κ3) is 2.53. The van der Waals surface area contributed by atoms with Gasteiger partial charge < -0.3 is 5.32 Å². The van der Waals surface area contributed by atoms with Crippen LogP contribution < -0.4 is 5.32 Å². The van der Waals surface area contributed by atoms with Crippen molar-refractivity contribution in [3.05, 3.63) is 35.9 Å². The van der Waals surface area contributed by atoms with E-state index in [4.69, 9.17) is 0 Å². The molecule has 92 valence electrons. The van der Waals surface area contributed by atoms with Crippen LogP contribution in [0.25, 0.3) is 0 Å². The summed E-state index contributed by atoms with van der Waals surface area (Å²) in [6, 6.07) is 11.7. The van der Waals surface area contributed by atoms with E-state index in [1.54, 1.807) is 0 Å². The Morgan fingerprint density at radius 1 is 1.18 bits per heavy atom. The van der Waals surface area contributed by atoms with Crippen molar-refractivity contribution in [3.63, 3.8) is 0 Å². The van der Waals surface area contributed by atoms with Gasteiger partial charge >= 0.3 is 0 Å². The summed E-state index contributed by atoms with van der Waals surface area (Å²) in [5.74, 6) is 0.950. The molecule has 1 saturated heterocycles. The average Bonchev–Trinajstić information content (AvgIpc) is 2.31. The van der Waals surface area contributed by atoms with Crippen LogP contribution in [-0.4, -0.2) is 30.6 Å². The van der Waals surface area contributed by atoms with Crippen molar-refractivity contribution in [2.24, 2.45) is 5.92 Å². The molecule has 1 aliphatic carbocycles. The van der Waals surface area contributed by atoms with Gasteiger partial charge in [-0.05, 0) is 24.3 Å². The van der Waals surface area contributed by atoms with Gasteiger partial charge in [0.2, 0.25) is 0 Å². The van der Waals surface area contributed by atoms with E-state index in [1.165, 1.54) is 37.9 Å². The van der Waals surface area contributed by atoms with Crippen LogP contribution in [0.1, 0.15) is 24.8 Å². The lowest BCUT2D eigenvalue weighted by Gasteiger charge is -2.44. The van der Waals surface area contributed by atoms with Crippen LogP contribution in [-0.2, 0) is 6.54 Å². The summed E-state index contributed by atoms with van der Waals surface area (Å²) in [5.41, 5.74) is 1.46. The van der Waals surface area contributed by atoms with Crippen LogP contribution in [0.4, 0.5) is 0 Å². The maximum Gasteiger partial charge on any atom is 0.0252 e. The highest BCUT2D eigenvalue weighted by atomic mass is 15.2. The van der Waals surface area contributed by atoms with Gasteiger partial charge in [0.1, 0.15) is 0 Å². The Hall–Kier alpha value is -0.860. The molecule has 1 aromatic rings. The first kappa shape index (κ1) is 11.2. The topological polar surface area (TPSA) is 15.3 Å². The Bertz CT molecular complexity index is 345. The highest BCUT2D eigenvalue weighted by molar-refractivity contribution is 5.15. The molecule has 2 aliphatic rings. The maximum atomic E-state index is 3.56. The second-order valence-corrected chi connectivity index (χ2v) is 5.42. The van der Waals surface area contributed by atoms with E-state index in [9.17, 15) is 0 Å². The van der Waals surface area contributed by atoms with Crippen LogP contribution in [0.2, 0.25) is 0 Å². The smallest absolute Gasteiger partial charge is 0.0252 e. The Morgan fingerprint density at radius 2 is 2.00 bits per heavy atom. The van der Waals surface area contributed by atoms with Crippen LogP contribution in [0, 0.1) is 5.92 Å². The summed E-state index contributed by atoms with van der Waals surface area (Å²) in [6.07, 6.45) is 4.33. The fourth-order valence-electron chi connectivity index (χ4n) is 3.07. The summed E-state index contributed by atoms with van der Waals surface area (Å²) in [6.45, 7) is 4.67. The third-order valence-electron chi connectivity index (χ3n) is 4.32. The van der Waals surface area contributed by atoms with Gasteiger partial charge in [-0.15, -0.1) is 0 Å². The van der Waals surface area contributed by atoms with E-state index >= 15 is 0 Å². The quantitative estimate of drug-likeness (QED) is 0.857. The van der Waals surface area contributed by atoms with Gasteiger partial charge in [-0.1, -0.05) is 36.8 Å². The zero-order valence-electron chi connectivity index (χ0n) is 10.4. The van der Waals surface area contributed by atoms with Crippen molar-refractivity contribution in [1.82, 2.24) is 10.2 Å². The standard InChI is InChI=1S/C15H22N2/c1-2-5-13(6-3-1)12-17-10-9-16-11-15(17)14-7-4-8-14/h1-3,5-6,14-16H,4,7-12H2. The molecular weight excluding hydrogens is 208 g/mol. The minimum Gasteiger partial charge on any atom is -0.314 e. The summed E-state index contributed by atoms with van der Waals surface area (Å²) in [5, 5.41) is 3.56. The van der Waals surface area contributed by atoms with E-state index in [1.807, 2.05) is 0 Å². The van der Waals surface area contributed by atoms with Gasteiger partial charge in [0.05, 0.1) is 0 Å². The molecule has 1 N–H and O–H groups in total. The molecule has 0 amide bonds. The van der Waals surface area contributed by atoms with Crippen LogP contribution in [0.3, 0.4) is 0 Å². The van der Waals surface area contributed by atoms with E-state index in [2.05, 4.69) is 40.5 Å². The Morgan fingerprint density at radius 3 is 2.71 bits per heavy atom. The maximum absolute atomic E-state index is 3.56. The number of piperazine rings is 1. The number of nitrogens with one attached hydrogen (secondary N) is 1. The van der Waals surface area contributed by atoms with Crippen LogP contribution >= 0.6 is 0 Å². The molecule has 1 aromatic carbocycles. The van der Waals surface area contributed by atoms with Crippen molar-refractivity contribution < 1.29 is 0 Å². The van der Waals surface area contributed by atoms with E-state index in [0.29, 0.717) is 0 Å². The Labute approximate surface area is 104 Å². The fraction of sp³-hybridized carbons (Fsp3) is 0.600. The van der Waals surface area contributed by atoms with Gasteiger partial charge in [0, 0.05) is 32.2 Å². The van der Waals surface area contributed by atoms with Crippen LogP contribution in [0.15, 0.2) is 30.3 Å². The van der Waals surface area contributed by atoms with Crippen molar-refractivity contribution in [2.45, 2.75) is 31.8 Å². The summed E-state index contributed by atoms with van der Waals surface area (Å²) in [4.78, 5) is 2.69. The SMILES string of the molecule is c1ccc(CN2CCNCC2C2CCC2)cc1. The monoisotopic (exact) mass is 230 g/mol. The molecule has 2 fully saturated rings. The first-order valence-electron chi connectivity index (χ1n) is 6.92. The molecule has 2 nitrogen and oxygen atoms in total. The second-order valence-electron chi connectivity index (χ2n) is 5.42. The molecule has 0 radical (unpaired) electrons. The second kappa shape index (κ2) is 5.19. The molecule has 1 atom stereocenters. The normalized spacial score (nSPS) is 26.7. The van der Waals surface area contributed by atoms with E-state index in [-0.39, 0.29) is 0 Å². The van der Waals surface area contributed by atoms with Crippen molar-refractivity contribution in [1.29, 1.82) is 0 Å². The molecule has 1 unspecified atom stereocenters. The zero-order chi connectivity index (χ0) is 11.5. The Kier molecular flexibility index (Phi) is 3.44. The summed E-state index contributed by atoms with van der Waals surface area (Å²) >= 11 is 0. The van der Waals surface area contributed by atoms with Gasteiger partial charge in [0.15, 0.2) is 0 Å². The molecule has 3 rings (SSSR count). The predicted octanol–water partition coefficient (Wildman–Crippen LogP) is 2.26. The lowest BCUT2D eigenvalue weighted by atomic mass is 9.78. The number of rotatable bonds is 3. The number of hydrogen-bond donors (Lipinski definition) is 1. The number of nitrogens with zero attached hydrogens (tertiary/aromatic N) is 1. The van der Waals surface area contributed by atoms with Crippen molar-refractivity contribution in [3.8, 4) is 0 Å². The van der Waals surface area contributed by atoms with Crippen LogP contribution in [0.5, 0.6) is 0 Å². The first-order valence-corrected chi connectivity index (χ1v) is 6.92. The van der Waals surface area contributed by atoms with Gasteiger partial charge in [0.25, 0.3) is 0 Å². The summed E-state index contributed by atoms with van der Waals surface area (Å²) in [7, 11) is 0. The molecule has 1 aliphatic heterocycles. The highest BCUT2D eigenvalue weighted by Gasteiger charge is 2.33. The predicted molar refractivity (Wildman–Crippen MR) is 70.9 cm³/mol. The molecule has 2 heteroatoms.